The van der Waals surface area contributed by atoms with E-state index in [0.717, 1.165) is 5.39 Å². The van der Waals surface area contributed by atoms with Crippen molar-refractivity contribution in [3.8, 4) is 0 Å². The van der Waals surface area contributed by atoms with E-state index in [1.165, 1.54) is 0 Å². The van der Waals surface area contributed by atoms with E-state index in [-0.39, 0.29) is 17.0 Å². The summed E-state index contributed by atoms with van der Waals surface area (Å²) in [6.45, 7) is 1.77. The topological polar surface area (TPSA) is 0 Å². The Hall–Kier alpha value is -0.550. The molecule has 1 aromatic carbocycles. The first-order valence-corrected chi connectivity index (χ1v) is 5.87. The molecule has 88 valence electrons. The third-order valence-corrected chi connectivity index (χ3v) is 4.50. The van der Waals surface area contributed by atoms with Gasteiger partial charge in [-0.3, -0.25) is 0 Å². The van der Waals surface area contributed by atoms with E-state index < -0.39 is 16.0 Å². The summed E-state index contributed by atoms with van der Waals surface area (Å²) in [5, 5.41) is 0.718. The van der Waals surface area contributed by atoms with Crippen molar-refractivity contribution >= 4 is 20.6 Å². The summed E-state index contributed by atoms with van der Waals surface area (Å²) in [6, 6.07) is 8.42. The van der Waals surface area contributed by atoms with Gasteiger partial charge in [-0.2, -0.15) is 0 Å². The fourth-order valence-corrected chi connectivity index (χ4v) is 3.62. The van der Waals surface area contributed by atoms with Crippen LogP contribution in [0.1, 0.15) is 11.8 Å². The molecule has 0 saturated carbocycles. The van der Waals surface area contributed by atoms with E-state index in [2.05, 4.69) is 0 Å². The van der Waals surface area contributed by atoms with Crippen LogP contribution in [-0.2, 0) is 11.9 Å². The number of thiophene rings is 1. The zero-order valence-corrected chi connectivity index (χ0v) is 10.9. The van der Waals surface area contributed by atoms with Crippen LogP contribution in [0.3, 0.4) is 0 Å². The van der Waals surface area contributed by atoms with Crippen molar-refractivity contribution in [2.24, 2.45) is 0 Å². The fourth-order valence-electron chi connectivity index (χ4n) is 1.68. The first-order valence-electron chi connectivity index (χ1n) is 4.64. The minimum absolute atomic E-state index is 0. The molecule has 0 saturated heterocycles. The van der Waals surface area contributed by atoms with Crippen LogP contribution in [0.5, 0.6) is 0 Å². The molecule has 0 spiro atoms. The Morgan fingerprint density at radius 3 is 2.38 bits per heavy atom. The Morgan fingerprint density at radius 1 is 1.19 bits per heavy atom. The van der Waals surface area contributed by atoms with Crippen LogP contribution in [0.4, 0.5) is 13.2 Å². The number of benzene rings is 1. The number of halogens is 4. The van der Waals surface area contributed by atoms with Gasteiger partial charge in [0.2, 0.25) is 0 Å². The summed E-state index contributed by atoms with van der Waals surface area (Å²) >= 11 is 0. The summed E-state index contributed by atoms with van der Waals surface area (Å²) in [5.74, 6) is 0. The molecule has 0 nitrogen and oxygen atoms in total. The standard InChI is InChI=1S/C11H10F3S.BrH/c1-2-9-7-8-5-3-4-6-10(8)15(9)11(12,13)14;/h3-7H,2H2,1H3;1H/q+1;/p-1. The molecule has 0 fully saturated rings. The summed E-state index contributed by atoms with van der Waals surface area (Å²) < 4.78 is 39.0. The first-order chi connectivity index (χ1) is 7.04. The molecule has 1 aromatic heterocycles. The van der Waals surface area contributed by atoms with Crippen molar-refractivity contribution in [1.29, 1.82) is 0 Å². The number of fused-ring (bicyclic) bond motifs is 1. The van der Waals surface area contributed by atoms with Crippen LogP contribution in [0.2, 0.25) is 0 Å². The van der Waals surface area contributed by atoms with Gasteiger partial charge in [0.25, 0.3) is 0 Å². The maximum absolute atomic E-state index is 12.8. The zero-order valence-electron chi connectivity index (χ0n) is 8.51. The highest BCUT2D eigenvalue weighted by atomic mass is 79.9. The molecular formula is C11H10BrF3S. The minimum Gasteiger partial charge on any atom is -1.00 e. The smallest absolute Gasteiger partial charge is 0.600 e. The Balaban J connectivity index is 0.00000128. The predicted molar refractivity (Wildman–Crippen MR) is 57.1 cm³/mol. The lowest BCUT2D eigenvalue weighted by atomic mass is 10.2. The molecular weight excluding hydrogens is 301 g/mol. The van der Waals surface area contributed by atoms with Gasteiger partial charge in [0.1, 0.15) is 0 Å². The third-order valence-electron chi connectivity index (χ3n) is 2.30. The quantitative estimate of drug-likeness (QED) is 0.702. The van der Waals surface area contributed by atoms with Gasteiger partial charge < -0.3 is 17.0 Å². The molecule has 5 heteroatoms. The molecule has 0 N–H and O–H groups in total. The SMILES string of the molecule is CCc1cc2ccccc2[s+]1C(F)(F)F.[Br-]. The van der Waals surface area contributed by atoms with Crippen molar-refractivity contribution in [1.82, 2.24) is 0 Å². The van der Waals surface area contributed by atoms with E-state index in [4.69, 9.17) is 0 Å². The Bertz CT molecular complexity index is 487. The van der Waals surface area contributed by atoms with Crippen molar-refractivity contribution < 1.29 is 30.2 Å². The Kier molecular flexibility index (Phi) is 4.02. The Labute approximate surface area is 105 Å². The molecule has 0 amide bonds. The molecule has 1 heterocycles. The molecule has 0 aliphatic carbocycles. The van der Waals surface area contributed by atoms with E-state index in [9.17, 15) is 13.2 Å². The minimum atomic E-state index is -4.14. The van der Waals surface area contributed by atoms with E-state index in [0.29, 0.717) is 16.0 Å². The van der Waals surface area contributed by atoms with Gasteiger partial charge in [-0.05, 0) is 12.1 Å². The maximum Gasteiger partial charge on any atom is 0.600 e. The summed E-state index contributed by atoms with van der Waals surface area (Å²) in [5.41, 5.74) is -4.14. The zero-order chi connectivity index (χ0) is 11.1. The van der Waals surface area contributed by atoms with Crippen molar-refractivity contribution in [2.45, 2.75) is 18.9 Å². The normalized spacial score (nSPS) is 12.6. The van der Waals surface area contributed by atoms with Crippen molar-refractivity contribution in [3.05, 3.63) is 35.2 Å². The average Bonchev–Trinajstić information content (AvgIpc) is 2.54. The first kappa shape index (κ1) is 13.5. The molecule has 16 heavy (non-hydrogen) atoms. The largest absolute Gasteiger partial charge is 1.00 e. The third kappa shape index (κ3) is 2.25. The second-order valence-electron chi connectivity index (χ2n) is 3.25. The summed E-state index contributed by atoms with van der Waals surface area (Å²) in [7, 11) is -1.70. The van der Waals surface area contributed by atoms with Crippen LogP contribution < -0.4 is 17.0 Å². The predicted octanol–water partition coefficient (Wildman–Crippen LogP) is 1.63. The lowest BCUT2D eigenvalue weighted by Crippen LogP contribution is -3.00. The van der Waals surface area contributed by atoms with Gasteiger partial charge in [-0.1, -0.05) is 19.1 Å². The van der Waals surface area contributed by atoms with Gasteiger partial charge in [0.05, 0.1) is 10.5 Å². The van der Waals surface area contributed by atoms with Gasteiger partial charge >= 0.3 is 5.51 Å². The number of alkyl halides is 3. The second kappa shape index (κ2) is 4.75. The highest BCUT2D eigenvalue weighted by Crippen LogP contribution is 2.50. The van der Waals surface area contributed by atoms with Crippen LogP contribution in [0.15, 0.2) is 30.3 Å². The van der Waals surface area contributed by atoms with Crippen molar-refractivity contribution in [3.63, 3.8) is 0 Å². The second-order valence-corrected chi connectivity index (χ2v) is 5.29. The molecule has 0 aliphatic heterocycles. The summed E-state index contributed by atoms with van der Waals surface area (Å²) in [6.07, 6.45) is 0.456. The monoisotopic (exact) mass is 310 g/mol. The molecule has 1 atom stereocenters. The molecule has 0 aliphatic rings. The van der Waals surface area contributed by atoms with Gasteiger partial charge in [0.15, 0.2) is 9.58 Å². The Morgan fingerprint density at radius 2 is 1.81 bits per heavy atom. The van der Waals surface area contributed by atoms with Crippen LogP contribution in [0.25, 0.3) is 10.1 Å². The van der Waals surface area contributed by atoms with Crippen LogP contribution >= 0.6 is 10.5 Å². The van der Waals surface area contributed by atoms with Crippen LogP contribution in [0, 0.1) is 0 Å². The average molecular weight is 311 g/mol. The molecule has 2 rings (SSSR count). The maximum atomic E-state index is 12.8. The number of hydrogen-bond donors (Lipinski definition) is 0. The van der Waals surface area contributed by atoms with E-state index in [1.54, 1.807) is 37.3 Å². The molecule has 1 unspecified atom stereocenters. The number of rotatable bonds is 1. The molecule has 0 bridgehead atoms. The molecule has 2 aromatic rings. The number of hydrogen-bond acceptors (Lipinski definition) is 0. The van der Waals surface area contributed by atoms with Gasteiger partial charge in [-0.15, -0.1) is 13.2 Å². The fraction of sp³-hybridized carbons (Fsp3) is 0.273. The highest BCUT2D eigenvalue weighted by Gasteiger charge is 2.47. The van der Waals surface area contributed by atoms with E-state index in [1.807, 2.05) is 0 Å². The van der Waals surface area contributed by atoms with Crippen molar-refractivity contribution in [2.75, 3.05) is 0 Å². The highest BCUT2D eigenvalue weighted by molar-refractivity contribution is 7.38. The van der Waals surface area contributed by atoms with E-state index >= 15 is 0 Å². The van der Waals surface area contributed by atoms with Crippen LogP contribution in [-0.4, -0.2) is 0 Å². The lowest BCUT2D eigenvalue weighted by Gasteiger charge is -1.97. The van der Waals surface area contributed by atoms with Gasteiger partial charge in [-0.25, -0.2) is 0 Å². The lowest BCUT2D eigenvalue weighted by molar-refractivity contribution is -0.0867. The number of aryl methyl sites for hydroxylation is 1. The van der Waals surface area contributed by atoms with Gasteiger partial charge in [0, 0.05) is 17.9 Å². The molecule has 0 radical (unpaired) electrons. The summed E-state index contributed by atoms with van der Waals surface area (Å²) in [4.78, 5) is 0.490.